The Kier molecular flexibility index (Phi) is 6.36. The maximum Gasteiger partial charge on any atom is 0.329 e. The third-order valence-corrected chi connectivity index (χ3v) is 5.17. The highest BCUT2D eigenvalue weighted by molar-refractivity contribution is 7.99. The second-order valence-electron chi connectivity index (χ2n) is 5.77. The summed E-state index contributed by atoms with van der Waals surface area (Å²) in [6.45, 7) is 0. The minimum absolute atomic E-state index is 0.221. The summed E-state index contributed by atoms with van der Waals surface area (Å²) < 4.78 is 10.4. The Bertz CT molecular complexity index is 576. The van der Waals surface area contributed by atoms with E-state index in [1.807, 2.05) is 12.1 Å². The number of aryl methyl sites for hydroxylation is 1. The van der Waals surface area contributed by atoms with Crippen LogP contribution in [-0.4, -0.2) is 48.2 Å². The number of methoxy groups -OCH3 is 2. The number of carboxylic acids is 1. The molecule has 1 fully saturated rings. The zero-order valence-corrected chi connectivity index (χ0v) is 14.8. The standard InChI is InChI=1S/C17H23NO5S/c1-22-13-9-12(10-14(11-13)23-2)3-4-15(19)18-17(16(20)21)5-7-24-8-6-17/h9-11H,3-8H2,1-2H3,(H,18,19)(H,20,21). The number of aliphatic carboxylic acids is 1. The van der Waals surface area contributed by atoms with Crippen LogP contribution >= 0.6 is 11.8 Å². The monoisotopic (exact) mass is 353 g/mol. The van der Waals surface area contributed by atoms with Crippen LogP contribution in [0.2, 0.25) is 0 Å². The molecule has 0 aromatic heterocycles. The summed E-state index contributed by atoms with van der Waals surface area (Å²) in [5.74, 6) is 1.64. The molecule has 0 saturated carbocycles. The molecule has 1 aromatic carbocycles. The van der Waals surface area contributed by atoms with E-state index in [4.69, 9.17) is 9.47 Å². The molecule has 0 unspecified atom stereocenters. The molecule has 0 radical (unpaired) electrons. The van der Waals surface area contributed by atoms with Crippen molar-refractivity contribution < 1.29 is 24.2 Å². The van der Waals surface area contributed by atoms with E-state index in [0.717, 1.165) is 17.1 Å². The van der Waals surface area contributed by atoms with E-state index in [0.29, 0.717) is 30.8 Å². The molecule has 0 spiro atoms. The predicted molar refractivity (Wildman–Crippen MR) is 92.9 cm³/mol. The summed E-state index contributed by atoms with van der Waals surface area (Å²) in [4.78, 5) is 23.9. The third kappa shape index (κ3) is 4.56. The van der Waals surface area contributed by atoms with Crippen molar-refractivity contribution in [2.24, 2.45) is 0 Å². The van der Waals surface area contributed by atoms with Crippen molar-refractivity contribution in [3.8, 4) is 11.5 Å². The largest absolute Gasteiger partial charge is 0.497 e. The van der Waals surface area contributed by atoms with Crippen molar-refractivity contribution in [1.29, 1.82) is 0 Å². The summed E-state index contributed by atoms with van der Waals surface area (Å²) in [5.41, 5.74) is -0.209. The summed E-state index contributed by atoms with van der Waals surface area (Å²) in [7, 11) is 3.14. The van der Waals surface area contributed by atoms with E-state index in [9.17, 15) is 14.7 Å². The average molecular weight is 353 g/mol. The Balaban J connectivity index is 1.98. The molecule has 0 aliphatic carbocycles. The van der Waals surface area contributed by atoms with Crippen molar-refractivity contribution in [1.82, 2.24) is 5.32 Å². The predicted octanol–water partition coefficient (Wildman–Crippen LogP) is 2.10. The molecular formula is C17H23NO5S. The number of rotatable bonds is 7. The number of hydrogen-bond donors (Lipinski definition) is 2. The Labute approximate surface area is 145 Å². The second-order valence-corrected chi connectivity index (χ2v) is 6.99. The molecule has 1 aliphatic rings. The van der Waals surface area contributed by atoms with E-state index in [2.05, 4.69) is 5.32 Å². The Morgan fingerprint density at radius 2 is 1.75 bits per heavy atom. The van der Waals surface area contributed by atoms with Crippen molar-refractivity contribution in [3.05, 3.63) is 23.8 Å². The molecule has 6 nitrogen and oxygen atoms in total. The van der Waals surface area contributed by atoms with Gasteiger partial charge in [0.25, 0.3) is 0 Å². The summed E-state index contributed by atoms with van der Waals surface area (Å²) in [6, 6.07) is 5.46. The van der Waals surface area contributed by atoms with Gasteiger partial charge in [-0.05, 0) is 48.5 Å². The Morgan fingerprint density at radius 3 is 2.25 bits per heavy atom. The molecule has 2 N–H and O–H groups in total. The van der Waals surface area contributed by atoms with Gasteiger partial charge in [0, 0.05) is 12.5 Å². The van der Waals surface area contributed by atoms with Crippen LogP contribution in [0.1, 0.15) is 24.8 Å². The van der Waals surface area contributed by atoms with E-state index in [-0.39, 0.29) is 12.3 Å². The highest BCUT2D eigenvalue weighted by Crippen LogP contribution is 2.28. The van der Waals surface area contributed by atoms with Crippen LogP contribution in [-0.2, 0) is 16.0 Å². The zero-order valence-electron chi connectivity index (χ0n) is 14.0. The highest BCUT2D eigenvalue weighted by atomic mass is 32.2. The third-order valence-electron chi connectivity index (χ3n) is 4.19. The molecule has 132 valence electrons. The first-order chi connectivity index (χ1) is 11.5. The molecule has 1 aromatic rings. The lowest BCUT2D eigenvalue weighted by Gasteiger charge is -2.33. The van der Waals surface area contributed by atoms with Gasteiger partial charge in [0.05, 0.1) is 14.2 Å². The molecule has 0 atom stereocenters. The summed E-state index contributed by atoms with van der Waals surface area (Å²) in [6.07, 6.45) is 1.64. The number of nitrogens with one attached hydrogen (secondary N) is 1. The van der Waals surface area contributed by atoms with Crippen molar-refractivity contribution in [2.75, 3.05) is 25.7 Å². The second kappa shape index (κ2) is 8.28. The number of carbonyl (C=O) groups excluding carboxylic acids is 1. The van der Waals surface area contributed by atoms with Crippen molar-refractivity contribution >= 4 is 23.6 Å². The fourth-order valence-corrected chi connectivity index (χ4v) is 3.90. The number of benzene rings is 1. The van der Waals surface area contributed by atoms with E-state index >= 15 is 0 Å². The average Bonchev–Trinajstić information content (AvgIpc) is 2.60. The van der Waals surface area contributed by atoms with Crippen LogP contribution in [0.25, 0.3) is 0 Å². The lowest BCUT2D eigenvalue weighted by molar-refractivity contribution is -0.148. The number of carboxylic acid groups (broad SMARTS) is 1. The van der Waals surface area contributed by atoms with Gasteiger partial charge in [0.15, 0.2) is 0 Å². The van der Waals surface area contributed by atoms with Crippen LogP contribution in [0.4, 0.5) is 0 Å². The topological polar surface area (TPSA) is 84.9 Å². The van der Waals surface area contributed by atoms with Gasteiger partial charge >= 0.3 is 5.97 Å². The molecule has 24 heavy (non-hydrogen) atoms. The zero-order chi connectivity index (χ0) is 17.6. The smallest absolute Gasteiger partial charge is 0.329 e. The molecule has 1 saturated heterocycles. The minimum Gasteiger partial charge on any atom is -0.497 e. The maximum absolute atomic E-state index is 12.3. The fraction of sp³-hybridized carbons (Fsp3) is 0.529. The first-order valence-electron chi connectivity index (χ1n) is 7.83. The van der Waals surface area contributed by atoms with Crippen LogP contribution in [0.3, 0.4) is 0 Å². The van der Waals surface area contributed by atoms with Crippen LogP contribution in [0, 0.1) is 0 Å². The van der Waals surface area contributed by atoms with E-state index in [1.54, 1.807) is 32.0 Å². The van der Waals surface area contributed by atoms with Crippen molar-refractivity contribution in [3.63, 3.8) is 0 Å². The van der Waals surface area contributed by atoms with Gasteiger partial charge in [-0.3, -0.25) is 4.79 Å². The molecule has 1 amide bonds. The Morgan fingerprint density at radius 1 is 1.17 bits per heavy atom. The molecule has 7 heteroatoms. The fourth-order valence-electron chi connectivity index (χ4n) is 2.71. The Hall–Kier alpha value is -1.89. The lowest BCUT2D eigenvalue weighted by atomic mass is 9.92. The first-order valence-corrected chi connectivity index (χ1v) is 8.98. The van der Waals surface area contributed by atoms with Crippen LogP contribution < -0.4 is 14.8 Å². The van der Waals surface area contributed by atoms with Gasteiger partial charge in [-0.2, -0.15) is 11.8 Å². The normalized spacial score (nSPS) is 16.2. The molecular weight excluding hydrogens is 330 g/mol. The highest BCUT2D eigenvalue weighted by Gasteiger charge is 2.41. The quantitative estimate of drug-likeness (QED) is 0.781. The number of carbonyl (C=O) groups is 2. The molecule has 1 heterocycles. The number of amides is 1. The van der Waals surface area contributed by atoms with Gasteiger partial charge in [-0.1, -0.05) is 0 Å². The number of hydrogen-bond acceptors (Lipinski definition) is 5. The molecule has 0 bridgehead atoms. The first kappa shape index (κ1) is 18.4. The SMILES string of the molecule is COc1cc(CCC(=O)NC2(C(=O)O)CCSCC2)cc(OC)c1. The van der Waals surface area contributed by atoms with Gasteiger partial charge in [-0.25, -0.2) is 4.79 Å². The lowest BCUT2D eigenvalue weighted by Crippen LogP contribution is -2.56. The van der Waals surface area contributed by atoms with Crippen LogP contribution in [0.15, 0.2) is 18.2 Å². The van der Waals surface area contributed by atoms with Gasteiger partial charge in [-0.15, -0.1) is 0 Å². The molecule has 2 rings (SSSR count). The minimum atomic E-state index is -1.12. The van der Waals surface area contributed by atoms with Crippen molar-refractivity contribution in [2.45, 2.75) is 31.2 Å². The molecule has 1 aliphatic heterocycles. The van der Waals surface area contributed by atoms with Crippen LogP contribution in [0.5, 0.6) is 11.5 Å². The maximum atomic E-state index is 12.3. The number of thioether (sulfide) groups is 1. The van der Waals surface area contributed by atoms with E-state index in [1.165, 1.54) is 0 Å². The van der Waals surface area contributed by atoms with Gasteiger partial charge < -0.3 is 19.9 Å². The van der Waals surface area contributed by atoms with Gasteiger partial charge in [0.1, 0.15) is 17.0 Å². The summed E-state index contributed by atoms with van der Waals surface area (Å²) in [5, 5.41) is 12.2. The summed E-state index contributed by atoms with van der Waals surface area (Å²) >= 11 is 1.72. The van der Waals surface area contributed by atoms with Gasteiger partial charge in [0.2, 0.25) is 5.91 Å². The number of ether oxygens (including phenoxy) is 2. The van der Waals surface area contributed by atoms with E-state index < -0.39 is 11.5 Å².